The molecule has 0 unspecified atom stereocenters. The monoisotopic (exact) mass is 182 g/mol. The minimum absolute atomic E-state index is 0.713. The van der Waals surface area contributed by atoms with Gasteiger partial charge in [-0.05, 0) is 25.1 Å². The average Bonchev–Trinajstić information content (AvgIpc) is 2.51. The van der Waals surface area contributed by atoms with Crippen molar-refractivity contribution in [1.29, 1.82) is 0 Å². The van der Waals surface area contributed by atoms with Gasteiger partial charge in [-0.15, -0.1) is 0 Å². The molecule has 0 spiro atoms. The van der Waals surface area contributed by atoms with E-state index in [4.69, 9.17) is 9.47 Å². The smallest absolute Gasteiger partial charge is 0.138 e. The fourth-order valence-corrected chi connectivity index (χ4v) is 1.91. The Hall–Kier alpha value is -0.830. The molecular weight excluding hydrogens is 172 g/mol. The predicted molar refractivity (Wildman–Crippen MR) is 49.0 cm³/mol. The van der Waals surface area contributed by atoms with Crippen LogP contribution in [0, 0.1) is 0 Å². The summed E-state index contributed by atoms with van der Waals surface area (Å²) in [4.78, 5) is 1.18. The first-order valence-corrected chi connectivity index (χ1v) is 4.91. The van der Waals surface area contributed by atoms with E-state index in [1.165, 1.54) is 4.90 Å². The molecule has 0 amide bonds. The molecule has 2 nitrogen and oxygen atoms in total. The third-order valence-electron chi connectivity index (χ3n) is 1.66. The molecule has 3 heteroatoms. The fraction of sp³-hybridized carbons (Fsp3) is 0.333. The molecule has 64 valence electrons. The van der Waals surface area contributed by atoms with Gasteiger partial charge >= 0.3 is 0 Å². The molecule has 1 aliphatic heterocycles. The summed E-state index contributed by atoms with van der Waals surface area (Å²) in [5, 5.41) is 0. The molecule has 0 aliphatic carbocycles. The van der Waals surface area contributed by atoms with E-state index in [0.29, 0.717) is 6.61 Å². The van der Waals surface area contributed by atoms with Gasteiger partial charge in [0.1, 0.15) is 17.4 Å². The van der Waals surface area contributed by atoms with Crippen molar-refractivity contribution in [1.82, 2.24) is 0 Å². The van der Waals surface area contributed by atoms with Gasteiger partial charge in [0.15, 0.2) is 0 Å². The van der Waals surface area contributed by atoms with Gasteiger partial charge in [0, 0.05) is 0 Å². The van der Waals surface area contributed by atoms with Crippen LogP contribution in [0.25, 0.3) is 0 Å². The SMILES string of the molecule is CCOc1ccc2c(c1)SCO2. The zero-order valence-corrected chi connectivity index (χ0v) is 7.69. The number of benzene rings is 1. The average molecular weight is 182 g/mol. The van der Waals surface area contributed by atoms with Crippen LogP contribution in [-0.2, 0) is 0 Å². The molecule has 2 rings (SSSR count). The summed E-state index contributed by atoms with van der Waals surface area (Å²) in [5.74, 6) is 2.63. The fourth-order valence-electron chi connectivity index (χ4n) is 1.13. The predicted octanol–water partition coefficient (Wildman–Crippen LogP) is 2.53. The van der Waals surface area contributed by atoms with Crippen molar-refractivity contribution < 1.29 is 9.47 Å². The maximum absolute atomic E-state index is 5.36. The topological polar surface area (TPSA) is 18.5 Å². The third kappa shape index (κ3) is 1.37. The molecule has 0 saturated carbocycles. The highest BCUT2D eigenvalue weighted by atomic mass is 32.2. The van der Waals surface area contributed by atoms with Crippen molar-refractivity contribution >= 4 is 11.8 Å². The van der Waals surface area contributed by atoms with Crippen LogP contribution in [0.2, 0.25) is 0 Å². The summed E-state index contributed by atoms with van der Waals surface area (Å²) in [7, 11) is 0. The Bertz CT molecular complexity index is 286. The van der Waals surface area contributed by atoms with E-state index in [2.05, 4.69) is 0 Å². The van der Waals surface area contributed by atoms with E-state index in [1.807, 2.05) is 25.1 Å². The van der Waals surface area contributed by atoms with Crippen molar-refractivity contribution in [2.45, 2.75) is 11.8 Å². The first-order chi connectivity index (χ1) is 5.90. The van der Waals surface area contributed by atoms with Crippen LogP contribution in [0.4, 0.5) is 0 Å². The number of hydrogen-bond donors (Lipinski definition) is 0. The van der Waals surface area contributed by atoms with Crippen LogP contribution in [0.1, 0.15) is 6.92 Å². The summed E-state index contributed by atoms with van der Waals surface area (Å²) in [6, 6.07) is 5.92. The minimum Gasteiger partial charge on any atom is -0.494 e. The standard InChI is InChI=1S/C9H10O2S/c1-2-10-7-3-4-8-9(5-7)12-6-11-8/h3-5H,2,6H2,1H3. The highest BCUT2D eigenvalue weighted by molar-refractivity contribution is 7.99. The lowest BCUT2D eigenvalue weighted by atomic mass is 10.3. The number of hydrogen-bond acceptors (Lipinski definition) is 3. The van der Waals surface area contributed by atoms with E-state index < -0.39 is 0 Å². The molecule has 1 heterocycles. The Morgan fingerprint density at radius 1 is 1.58 bits per heavy atom. The van der Waals surface area contributed by atoms with Gasteiger partial charge in [0.05, 0.1) is 11.5 Å². The van der Waals surface area contributed by atoms with Crippen LogP contribution in [0.3, 0.4) is 0 Å². The molecule has 0 saturated heterocycles. The van der Waals surface area contributed by atoms with Crippen molar-refractivity contribution in [3.63, 3.8) is 0 Å². The summed E-state index contributed by atoms with van der Waals surface area (Å²) in [6.07, 6.45) is 0. The lowest BCUT2D eigenvalue weighted by Crippen LogP contribution is -1.90. The van der Waals surface area contributed by atoms with Crippen LogP contribution < -0.4 is 9.47 Å². The van der Waals surface area contributed by atoms with Crippen molar-refractivity contribution in [3.05, 3.63) is 18.2 Å². The van der Waals surface area contributed by atoms with Gasteiger partial charge in [-0.3, -0.25) is 0 Å². The second-order valence-electron chi connectivity index (χ2n) is 2.45. The van der Waals surface area contributed by atoms with Crippen molar-refractivity contribution in [2.75, 3.05) is 12.5 Å². The summed E-state index contributed by atoms with van der Waals surface area (Å²) >= 11 is 1.71. The van der Waals surface area contributed by atoms with Gasteiger partial charge < -0.3 is 9.47 Å². The summed E-state index contributed by atoms with van der Waals surface area (Å²) in [5.41, 5.74) is 0. The van der Waals surface area contributed by atoms with Crippen LogP contribution >= 0.6 is 11.8 Å². The Morgan fingerprint density at radius 2 is 2.50 bits per heavy atom. The molecule has 1 aromatic rings. The van der Waals surface area contributed by atoms with Gasteiger partial charge in [0.25, 0.3) is 0 Å². The number of rotatable bonds is 2. The summed E-state index contributed by atoms with van der Waals surface area (Å²) in [6.45, 7) is 2.70. The Labute approximate surface area is 75.9 Å². The summed E-state index contributed by atoms with van der Waals surface area (Å²) < 4.78 is 10.7. The molecule has 0 N–H and O–H groups in total. The van der Waals surface area contributed by atoms with Gasteiger partial charge in [-0.25, -0.2) is 0 Å². The second-order valence-corrected chi connectivity index (χ2v) is 3.41. The lowest BCUT2D eigenvalue weighted by molar-refractivity contribution is 0.337. The van der Waals surface area contributed by atoms with Gasteiger partial charge in [0.2, 0.25) is 0 Å². The number of ether oxygens (including phenoxy) is 2. The zero-order chi connectivity index (χ0) is 8.39. The molecule has 0 radical (unpaired) electrons. The quantitative estimate of drug-likeness (QED) is 0.700. The van der Waals surface area contributed by atoms with Crippen LogP contribution in [0.15, 0.2) is 23.1 Å². The molecule has 1 aliphatic rings. The minimum atomic E-state index is 0.713. The molecule has 1 aromatic carbocycles. The first-order valence-electron chi connectivity index (χ1n) is 3.92. The largest absolute Gasteiger partial charge is 0.494 e. The molecule has 0 bridgehead atoms. The highest BCUT2D eigenvalue weighted by Gasteiger charge is 2.12. The zero-order valence-electron chi connectivity index (χ0n) is 6.87. The maximum Gasteiger partial charge on any atom is 0.138 e. The molecule has 0 atom stereocenters. The van der Waals surface area contributed by atoms with Gasteiger partial charge in [-0.1, -0.05) is 11.8 Å². The maximum atomic E-state index is 5.36. The van der Waals surface area contributed by atoms with E-state index in [-0.39, 0.29) is 0 Å². The van der Waals surface area contributed by atoms with E-state index in [9.17, 15) is 0 Å². The second kappa shape index (κ2) is 3.27. The first kappa shape index (κ1) is 7.80. The van der Waals surface area contributed by atoms with Crippen LogP contribution in [-0.4, -0.2) is 12.5 Å². The molecule has 0 aromatic heterocycles. The highest BCUT2D eigenvalue weighted by Crippen LogP contribution is 2.38. The number of thioether (sulfide) groups is 1. The molecular formula is C9H10O2S. The van der Waals surface area contributed by atoms with Crippen molar-refractivity contribution in [2.24, 2.45) is 0 Å². The van der Waals surface area contributed by atoms with Gasteiger partial charge in [-0.2, -0.15) is 0 Å². The Balaban J connectivity index is 2.26. The van der Waals surface area contributed by atoms with E-state index >= 15 is 0 Å². The molecule has 12 heavy (non-hydrogen) atoms. The normalized spacial score (nSPS) is 13.8. The third-order valence-corrected chi connectivity index (χ3v) is 2.52. The van der Waals surface area contributed by atoms with Crippen molar-refractivity contribution in [3.8, 4) is 11.5 Å². The van der Waals surface area contributed by atoms with E-state index in [1.54, 1.807) is 11.8 Å². The van der Waals surface area contributed by atoms with Crippen LogP contribution in [0.5, 0.6) is 11.5 Å². The molecule has 0 fully saturated rings. The van der Waals surface area contributed by atoms with E-state index in [0.717, 1.165) is 17.4 Å². The Morgan fingerprint density at radius 3 is 3.33 bits per heavy atom. The Kier molecular flexibility index (Phi) is 2.13. The lowest BCUT2D eigenvalue weighted by Gasteiger charge is -2.03. The number of fused-ring (bicyclic) bond motifs is 1.